The molecule has 2 aromatic rings. The van der Waals surface area contributed by atoms with Gasteiger partial charge in [0.1, 0.15) is 5.82 Å². The van der Waals surface area contributed by atoms with Crippen LogP contribution in [-0.2, 0) is 12.0 Å². The molecule has 2 N–H and O–H groups in total. The Bertz CT molecular complexity index is 576. The Kier molecular flexibility index (Phi) is 4.07. The first-order valence-corrected chi connectivity index (χ1v) is 6.98. The number of benzene rings is 2. The first kappa shape index (κ1) is 14.2. The highest BCUT2D eigenvalue weighted by Gasteiger charge is 2.23. The van der Waals surface area contributed by atoms with E-state index < -0.39 is 5.54 Å². The van der Waals surface area contributed by atoms with Crippen LogP contribution in [0.2, 0.25) is 0 Å². The first-order valence-electron chi connectivity index (χ1n) is 6.19. The zero-order chi connectivity index (χ0) is 14.0. The second-order valence-electron chi connectivity index (χ2n) is 5.17. The predicted octanol–water partition coefficient (Wildman–Crippen LogP) is 4.31. The molecule has 0 saturated heterocycles. The lowest BCUT2D eigenvalue weighted by molar-refractivity contribution is 0.488. The lowest BCUT2D eigenvalue weighted by atomic mass is 9.86. The van der Waals surface area contributed by atoms with E-state index in [4.69, 9.17) is 5.73 Å². The minimum absolute atomic E-state index is 0.253. The van der Waals surface area contributed by atoms with Crippen molar-refractivity contribution in [2.24, 2.45) is 5.73 Å². The third-order valence-electron chi connectivity index (χ3n) is 3.30. The second kappa shape index (κ2) is 5.43. The third-order valence-corrected chi connectivity index (χ3v) is 4.19. The van der Waals surface area contributed by atoms with Gasteiger partial charge in [-0.25, -0.2) is 4.39 Å². The topological polar surface area (TPSA) is 26.0 Å². The molecular weight excluding hydrogens is 305 g/mol. The van der Waals surface area contributed by atoms with E-state index in [1.165, 1.54) is 11.6 Å². The van der Waals surface area contributed by atoms with Gasteiger partial charge in [-0.05, 0) is 53.4 Å². The highest BCUT2D eigenvalue weighted by molar-refractivity contribution is 9.10. The molecule has 1 unspecified atom stereocenters. The van der Waals surface area contributed by atoms with Crippen LogP contribution in [0.3, 0.4) is 0 Å². The van der Waals surface area contributed by atoms with Crippen LogP contribution in [-0.4, -0.2) is 0 Å². The van der Waals surface area contributed by atoms with Crippen molar-refractivity contribution in [2.75, 3.05) is 0 Å². The van der Waals surface area contributed by atoms with E-state index in [0.717, 1.165) is 11.1 Å². The number of halogens is 2. The Morgan fingerprint density at radius 1 is 1.16 bits per heavy atom. The standard InChI is InChI=1S/C16H17BrFN/c1-11-6-8-13(9-7-11)16(2,19)10-12-4-3-5-14(18)15(12)17/h3-9H,10,19H2,1-2H3. The average Bonchev–Trinajstić information content (AvgIpc) is 2.35. The van der Waals surface area contributed by atoms with Gasteiger partial charge in [0.2, 0.25) is 0 Å². The first-order chi connectivity index (χ1) is 8.90. The van der Waals surface area contributed by atoms with E-state index in [1.807, 2.05) is 44.2 Å². The molecule has 0 saturated carbocycles. The minimum Gasteiger partial charge on any atom is -0.321 e. The lowest BCUT2D eigenvalue weighted by Gasteiger charge is -2.26. The van der Waals surface area contributed by atoms with Crippen LogP contribution in [0.4, 0.5) is 4.39 Å². The second-order valence-corrected chi connectivity index (χ2v) is 5.97. The van der Waals surface area contributed by atoms with Gasteiger partial charge in [0, 0.05) is 5.54 Å². The van der Waals surface area contributed by atoms with Crippen molar-refractivity contribution in [1.82, 2.24) is 0 Å². The van der Waals surface area contributed by atoms with Crippen molar-refractivity contribution in [3.63, 3.8) is 0 Å². The van der Waals surface area contributed by atoms with Crippen molar-refractivity contribution in [3.8, 4) is 0 Å². The Hall–Kier alpha value is -1.19. The van der Waals surface area contributed by atoms with Crippen molar-refractivity contribution in [1.29, 1.82) is 0 Å². The van der Waals surface area contributed by atoms with Crippen molar-refractivity contribution in [3.05, 3.63) is 69.4 Å². The molecule has 3 heteroatoms. The molecule has 0 aliphatic heterocycles. The number of rotatable bonds is 3. The zero-order valence-corrected chi connectivity index (χ0v) is 12.7. The molecular formula is C16H17BrFN. The summed E-state index contributed by atoms with van der Waals surface area (Å²) in [5.41, 5.74) is 9.00. The SMILES string of the molecule is Cc1ccc(C(C)(N)Cc2cccc(F)c2Br)cc1. The van der Waals surface area contributed by atoms with Crippen molar-refractivity contribution >= 4 is 15.9 Å². The van der Waals surface area contributed by atoms with Gasteiger partial charge in [-0.1, -0.05) is 42.0 Å². The van der Waals surface area contributed by atoms with Gasteiger partial charge >= 0.3 is 0 Å². The van der Waals surface area contributed by atoms with Gasteiger partial charge in [-0.2, -0.15) is 0 Å². The summed E-state index contributed by atoms with van der Waals surface area (Å²) in [4.78, 5) is 0. The van der Waals surface area contributed by atoms with Gasteiger partial charge in [0.15, 0.2) is 0 Å². The Morgan fingerprint density at radius 3 is 2.42 bits per heavy atom. The van der Waals surface area contributed by atoms with Gasteiger partial charge in [-0.15, -0.1) is 0 Å². The summed E-state index contributed by atoms with van der Waals surface area (Å²) in [7, 11) is 0. The highest BCUT2D eigenvalue weighted by atomic mass is 79.9. The molecule has 1 atom stereocenters. The third kappa shape index (κ3) is 3.23. The van der Waals surface area contributed by atoms with Gasteiger partial charge in [-0.3, -0.25) is 0 Å². The lowest BCUT2D eigenvalue weighted by Crippen LogP contribution is -2.35. The average molecular weight is 322 g/mol. The van der Waals surface area contributed by atoms with E-state index in [1.54, 1.807) is 6.07 Å². The summed E-state index contributed by atoms with van der Waals surface area (Å²) in [5.74, 6) is -0.253. The summed E-state index contributed by atoms with van der Waals surface area (Å²) < 4.78 is 14.0. The number of hydrogen-bond acceptors (Lipinski definition) is 1. The summed E-state index contributed by atoms with van der Waals surface area (Å²) in [6.45, 7) is 4.01. The van der Waals surface area contributed by atoms with Gasteiger partial charge < -0.3 is 5.73 Å². The number of hydrogen-bond donors (Lipinski definition) is 1. The molecule has 0 spiro atoms. The molecule has 0 fully saturated rings. The van der Waals surface area contributed by atoms with Crippen LogP contribution in [0.15, 0.2) is 46.9 Å². The van der Waals surface area contributed by atoms with Crippen LogP contribution in [0.5, 0.6) is 0 Å². The maximum absolute atomic E-state index is 13.5. The zero-order valence-electron chi connectivity index (χ0n) is 11.1. The molecule has 0 amide bonds. The van der Waals surface area contributed by atoms with Gasteiger partial charge in [0.05, 0.1) is 4.47 Å². The fourth-order valence-electron chi connectivity index (χ4n) is 2.12. The molecule has 0 aliphatic rings. The van der Waals surface area contributed by atoms with Crippen LogP contribution in [0.1, 0.15) is 23.6 Å². The summed E-state index contributed by atoms with van der Waals surface area (Å²) in [5, 5.41) is 0. The van der Waals surface area contributed by atoms with E-state index >= 15 is 0 Å². The molecule has 2 rings (SSSR count). The molecule has 0 aromatic heterocycles. The minimum atomic E-state index is -0.524. The smallest absolute Gasteiger partial charge is 0.137 e. The maximum Gasteiger partial charge on any atom is 0.137 e. The normalized spacial score (nSPS) is 14.2. The fraction of sp³-hybridized carbons (Fsp3) is 0.250. The Balaban J connectivity index is 2.30. The van der Waals surface area contributed by atoms with Crippen LogP contribution >= 0.6 is 15.9 Å². The number of aryl methyl sites for hydroxylation is 1. The van der Waals surface area contributed by atoms with E-state index in [9.17, 15) is 4.39 Å². The van der Waals surface area contributed by atoms with E-state index in [0.29, 0.717) is 10.9 Å². The summed E-state index contributed by atoms with van der Waals surface area (Å²) in [6, 6.07) is 13.2. The number of nitrogens with two attached hydrogens (primary N) is 1. The van der Waals surface area contributed by atoms with E-state index in [-0.39, 0.29) is 5.82 Å². The van der Waals surface area contributed by atoms with Gasteiger partial charge in [0.25, 0.3) is 0 Å². The maximum atomic E-state index is 13.5. The summed E-state index contributed by atoms with van der Waals surface area (Å²) in [6.07, 6.45) is 0.578. The van der Waals surface area contributed by atoms with E-state index in [2.05, 4.69) is 15.9 Å². The van der Waals surface area contributed by atoms with Crippen molar-refractivity contribution < 1.29 is 4.39 Å². The fourth-order valence-corrected chi connectivity index (χ4v) is 2.52. The molecule has 0 bridgehead atoms. The van der Waals surface area contributed by atoms with Crippen LogP contribution < -0.4 is 5.73 Å². The van der Waals surface area contributed by atoms with Crippen molar-refractivity contribution in [2.45, 2.75) is 25.8 Å². The predicted molar refractivity (Wildman–Crippen MR) is 80.5 cm³/mol. The molecule has 2 aromatic carbocycles. The highest BCUT2D eigenvalue weighted by Crippen LogP contribution is 2.28. The quantitative estimate of drug-likeness (QED) is 0.895. The molecule has 0 heterocycles. The Labute approximate surface area is 121 Å². The molecule has 1 nitrogen and oxygen atoms in total. The molecule has 0 radical (unpaired) electrons. The van der Waals surface area contributed by atoms with Crippen LogP contribution in [0, 0.1) is 12.7 Å². The largest absolute Gasteiger partial charge is 0.321 e. The molecule has 0 aliphatic carbocycles. The van der Waals surface area contributed by atoms with Crippen LogP contribution in [0.25, 0.3) is 0 Å². The summed E-state index contributed by atoms with van der Waals surface area (Å²) >= 11 is 3.29. The Morgan fingerprint density at radius 2 is 1.79 bits per heavy atom. The molecule has 19 heavy (non-hydrogen) atoms. The molecule has 100 valence electrons. The monoisotopic (exact) mass is 321 g/mol.